The van der Waals surface area contributed by atoms with Gasteiger partial charge in [0.2, 0.25) is 0 Å². The Morgan fingerprint density at radius 1 is 1.13 bits per heavy atom. The number of rotatable bonds is 6. The fourth-order valence-electron chi connectivity index (χ4n) is 3.43. The molecule has 2 aromatic rings. The molecule has 8 heteroatoms. The lowest BCUT2D eigenvalue weighted by Crippen LogP contribution is -2.50. The van der Waals surface area contributed by atoms with Crippen LogP contribution in [0, 0.1) is 0 Å². The summed E-state index contributed by atoms with van der Waals surface area (Å²) in [4.78, 5) is 21.1. The zero-order valence-corrected chi connectivity index (χ0v) is 20.3. The molecule has 7 nitrogen and oxygen atoms in total. The number of aromatic nitrogens is 2. The van der Waals surface area contributed by atoms with Crippen LogP contribution < -0.4 is 4.90 Å². The first-order chi connectivity index (χ1) is 14.0. The van der Waals surface area contributed by atoms with Gasteiger partial charge in [-0.15, -0.1) is 0 Å². The van der Waals surface area contributed by atoms with Gasteiger partial charge in [-0.1, -0.05) is 25.7 Å². The van der Waals surface area contributed by atoms with E-state index in [2.05, 4.69) is 52.3 Å². The summed E-state index contributed by atoms with van der Waals surface area (Å²) in [6, 6.07) is 7.42. The van der Waals surface area contributed by atoms with Crippen LogP contribution in [0.15, 0.2) is 24.5 Å². The maximum Gasteiger partial charge on any atom is 0.410 e. The summed E-state index contributed by atoms with van der Waals surface area (Å²) in [5.41, 5.74) is 2.70. The number of fused-ring (bicyclic) bond motifs is 1. The second-order valence-corrected chi connectivity index (χ2v) is 15.8. The molecule has 1 fully saturated rings. The summed E-state index contributed by atoms with van der Waals surface area (Å²) in [6.07, 6.45) is 1.62. The van der Waals surface area contributed by atoms with Gasteiger partial charge in [0.1, 0.15) is 17.8 Å². The number of nitrogens with zero attached hydrogens (tertiary/aromatic N) is 4. The van der Waals surface area contributed by atoms with Crippen molar-refractivity contribution in [3.8, 4) is 0 Å². The molecule has 0 saturated carbocycles. The standard InChI is InChI=1S/C22H36N4O3Si/c1-22(2,3)29-21(27)25-12-10-24(11-13-25)18-8-7-9-19-20(18)23-16-26(19)17-28-14-15-30(4,5)6/h7-9,16H,10-15,17H2,1-6H3. The molecule has 0 atom stereocenters. The number of benzene rings is 1. The normalized spacial score (nSPS) is 15.7. The highest BCUT2D eigenvalue weighted by Crippen LogP contribution is 2.27. The Balaban J connectivity index is 1.62. The fraction of sp³-hybridized carbons (Fsp3) is 0.636. The molecule has 0 aliphatic carbocycles. The SMILES string of the molecule is CC(C)(C)OC(=O)N1CCN(c2cccc3c2ncn3COCC[Si](C)(C)C)CC1. The van der Waals surface area contributed by atoms with Gasteiger partial charge in [-0.05, 0) is 38.9 Å². The number of para-hydroxylation sites is 1. The van der Waals surface area contributed by atoms with E-state index in [0.29, 0.717) is 19.8 Å². The molecule has 1 saturated heterocycles. The minimum absolute atomic E-state index is 0.236. The predicted octanol–water partition coefficient (Wildman–Crippen LogP) is 4.41. The van der Waals surface area contributed by atoms with E-state index in [-0.39, 0.29) is 6.09 Å². The minimum Gasteiger partial charge on any atom is -0.444 e. The summed E-state index contributed by atoms with van der Waals surface area (Å²) < 4.78 is 13.5. The first-order valence-electron chi connectivity index (χ1n) is 10.8. The van der Waals surface area contributed by atoms with Gasteiger partial charge in [0.25, 0.3) is 0 Å². The molecule has 2 heterocycles. The number of carbonyl (C=O) groups is 1. The average Bonchev–Trinajstić information content (AvgIpc) is 3.06. The van der Waals surface area contributed by atoms with E-state index in [9.17, 15) is 4.79 Å². The molecule has 1 aliphatic heterocycles. The molecular weight excluding hydrogens is 396 g/mol. The largest absolute Gasteiger partial charge is 0.444 e. The highest BCUT2D eigenvalue weighted by Gasteiger charge is 2.26. The van der Waals surface area contributed by atoms with Gasteiger partial charge < -0.3 is 23.8 Å². The predicted molar refractivity (Wildman–Crippen MR) is 124 cm³/mol. The summed E-state index contributed by atoms with van der Waals surface area (Å²) in [5.74, 6) is 0. The van der Waals surface area contributed by atoms with Crippen molar-refractivity contribution in [1.29, 1.82) is 0 Å². The summed E-state index contributed by atoms with van der Waals surface area (Å²) in [6.45, 7) is 16.9. The third kappa shape index (κ3) is 5.98. The van der Waals surface area contributed by atoms with Gasteiger partial charge >= 0.3 is 6.09 Å². The number of amides is 1. The molecule has 1 aromatic heterocycles. The Morgan fingerprint density at radius 2 is 1.83 bits per heavy atom. The van der Waals surface area contributed by atoms with Crippen LogP contribution >= 0.6 is 0 Å². The summed E-state index contributed by atoms with van der Waals surface area (Å²) in [7, 11) is -1.09. The molecule has 0 N–H and O–H groups in total. The third-order valence-electron chi connectivity index (χ3n) is 5.13. The van der Waals surface area contributed by atoms with Crippen molar-refractivity contribution in [3.63, 3.8) is 0 Å². The van der Waals surface area contributed by atoms with E-state index < -0.39 is 13.7 Å². The van der Waals surface area contributed by atoms with E-state index in [1.165, 1.54) is 0 Å². The summed E-state index contributed by atoms with van der Waals surface area (Å²) >= 11 is 0. The van der Waals surface area contributed by atoms with E-state index in [0.717, 1.165) is 42.5 Å². The molecule has 30 heavy (non-hydrogen) atoms. The van der Waals surface area contributed by atoms with Crippen LogP contribution in [-0.4, -0.2) is 67.0 Å². The monoisotopic (exact) mass is 432 g/mol. The smallest absolute Gasteiger partial charge is 0.410 e. The van der Waals surface area contributed by atoms with E-state index in [1.54, 1.807) is 4.90 Å². The number of anilines is 1. The van der Waals surface area contributed by atoms with Crippen LogP contribution in [0.25, 0.3) is 11.0 Å². The number of ether oxygens (including phenoxy) is 2. The van der Waals surface area contributed by atoms with Gasteiger partial charge in [0.15, 0.2) is 0 Å². The van der Waals surface area contributed by atoms with E-state index in [4.69, 9.17) is 9.47 Å². The van der Waals surface area contributed by atoms with Crippen molar-refractivity contribution in [2.75, 3.05) is 37.7 Å². The number of hydrogen-bond donors (Lipinski definition) is 0. The number of hydrogen-bond acceptors (Lipinski definition) is 5. The number of carbonyl (C=O) groups excluding carboxylic acids is 1. The maximum atomic E-state index is 12.3. The molecule has 1 aliphatic rings. The Bertz CT molecular complexity index is 861. The van der Waals surface area contributed by atoms with Gasteiger partial charge in [-0.3, -0.25) is 0 Å². The topological polar surface area (TPSA) is 59.8 Å². The first kappa shape index (κ1) is 22.6. The van der Waals surface area contributed by atoms with Crippen LogP contribution in [-0.2, 0) is 16.2 Å². The number of piperazine rings is 1. The quantitative estimate of drug-likeness (QED) is 0.500. The van der Waals surface area contributed by atoms with Crippen molar-refractivity contribution in [1.82, 2.24) is 14.5 Å². The molecule has 1 aromatic carbocycles. The maximum absolute atomic E-state index is 12.3. The van der Waals surface area contributed by atoms with Gasteiger partial charge in [-0.25, -0.2) is 9.78 Å². The molecule has 0 unspecified atom stereocenters. The van der Waals surface area contributed by atoms with Crippen LogP contribution in [0.2, 0.25) is 25.7 Å². The lowest BCUT2D eigenvalue weighted by atomic mass is 10.2. The fourth-order valence-corrected chi connectivity index (χ4v) is 4.19. The number of imidazole rings is 1. The van der Waals surface area contributed by atoms with Crippen molar-refractivity contribution >= 4 is 30.9 Å². The zero-order chi connectivity index (χ0) is 21.9. The summed E-state index contributed by atoms with van der Waals surface area (Å²) in [5, 5.41) is 0. The van der Waals surface area contributed by atoms with Crippen LogP contribution in [0.3, 0.4) is 0 Å². The van der Waals surface area contributed by atoms with Crippen molar-refractivity contribution in [3.05, 3.63) is 24.5 Å². The Labute approximate surface area is 181 Å². The Kier molecular flexibility index (Phi) is 6.77. The van der Waals surface area contributed by atoms with Crippen molar-refractivity contribution < 1.29 is 14.3 Å². The van der Waals surface area contributed by atoms with Crippen LogP contribution in [0.5, 0.6) is 0 Å². The highest BCUT2D eigenvalue weighted by molar-refractivity contribution is 6.76. The van der Waals surface area contributed by atoms with E-state index >= 15 is 0 Å². The Morgan fingerprint density at radius 3 is 2.47 bits per heavy atom. The molecular formula is C22H36N4O3Si. The average molecular weight is 433 g/mol. The van der Waals surface area contributed by atoms with Crippen molar-refractivity contribution in [2.45, 2.75) is 58.8 Å². The van der Waals surface area contributed by atoms with Gasteiger partial charge in [0.05, 0.1) is 17.5 Å². The third-order valence-corrected chi connectivity index (χ3v) is 6.83. The molecule has 166 valence electrons. The molecule has 0 radical (unpaired) electrons. The highest BCUT2D eigenvalue weighted by atomic mass is 28.3. The Hall–Kier alpha value is -2.06. The van der Waals surface area contributed by atoms with E-state index in [1.807, 2.05) is 27.1 Å². The second kappa shape index (κ2) is 8.97. The van der Waals surface area contributed by atoms with Gasteiger partial charge in [-0.2, -0.15) is 0 Å². The minimum atomic E-state index is -1.09. The molecule has 0 bridgehead atoms. The molecule has 0 spiro atoms. The molecule has 3 rings (SSSR count). The van der Waals surface area contributed by atoms with Gasteiger partial charge in [0, 0.05) is 40.9 Å². The molecule has 1 amide bonds. The first-order valence-corrected chi connectivity index (χ1v) is 14.5. The lowest BCUT2D eigenvalue weighted by Gasteiger charge is -2.36. The lowest BCUT2D eigenvalue weighted by molar-refractivity contribution is 0.0240. The van der Waals surface area contributed by atoms with Crippen molar-refractivity contribution in [2.24, 2.45) is 0 Å². The zero-order valence-electron chi connectivity index (χ0n) is 19.3. The van der Waals surface area contributed by atoms with Crippen LogP contribution in [0.1, 0.15) is 20.8 Å². The second-order valence-electron chi connectivity index (χ2n) is 10.2. The van der Waals surface area contributed by atoms with Crippen LogP contribution in [0.4, 0.5) is 10.5 Å².